The molecule has 0 atom stereocenters. The van der Waals surface area contributed by atoms with Crippen molar-refractivity contribution in [1.29, 1.82) is 0 Å². The van der Waals surface area contributed by atoms with E-state index in [0.29, 0.717) is 12.3 Å². The molecule has 0 aliphatic heterocycles. The Balaban J connectivity index is 0.00000392. The third-order valence-electron chi connectivity index (χ3n) is 4.12. The number of aliphatic imine (C=N–C) groups is 1. The Morgan fingerprint density at radius 3 is 2.50 bits per heavy atom. The molecule has 0 fully saturated rings. The Morgan fingerprint density at radius 2 is 1.89 bits per heavy atom. The van der Waals surface area contributed by atoms with E-state index < -0.39 is 0 Å². The van der Waals surface area contributed by atoms with Gasteiger partial charge in [-0.15, -0.1) is 35.3 Å². The second kappa shape index (κ2) is 12.8. The van der Waals surface area contributed by atoms with E-state index in [4.69, 9.17) is 14.5 Å². The molecular weight excluding hydrogens is 487 g/mol. The summed E-state index contributed by atoms with van der Waals surface area (Å²) in [5.74, 6) is 2.24. The smallest absolute Gasteiger partial charge is 0.191 e. The van der Waals surface area contributed by atoms with Gasteiger partial charge in [-0.25, -0.2) is 9.98 Å². The van der Waals surface area contributed by atoms with Crippen LogP contribution in [0.25, 0.3) is 0 Å². The fraction of sp³-hybridized carbons (Fsp3) is 0.500. The summed E-state index contributed by atoms with van der Waals surface area (Å²) in [6, 6.07) is 5.86. The molecule has 8 heteroatoms. The van der Waals surface area contributed by atoms with Crippen molar-refractivity contribution >= 4 is 41.3 Å². The number of nitrogens with zero attached hydrogens (tertiary/aromatic N) is 2. The lowest BCUT2D eigenvalue weighted by atomic mass is 10.2. The van der Waals surface area contributed by atoms with Crippen LogP contribution in [-0.4, -0.2) is 38.3 Å². The standard InChI is InChI=1S/C20H30N4O2S.HI/c1-6-16-14(3)27-19(24-16)10-11-22-20(21-7-2)23-13-15-8-9-17(25-4)18(12-15)26-5;/h8-9,12H,6-7,10-11,13H2,1-5H3,(H2,21,22,23);1H. The number of ether oxygens (including phenoxy) is 2. The monoisotopic (exact) mass is 518 g/mol. The van der Waals surface area contributed by atoms with E-state index in [-0.39, 0.29) is 24.0 Å². The predicted octanol–water partition coefficient (Wildman–Crippen LogP) is 3.95. The zero-order valence-corrected chi connectivity index (χ0v) is 20.4. The molecule has 0 aliphatic rings. The SMILES string of the molecule is CCNC(=NCc1ccc(OC)c(OC)c1)NCCc1nc(CC)c(C)s1.I. The van der Waals surface area contributed by atoms with Gasteiger partial charge in [-0.2, -0.15) is 0 Å². The van der Waals surface area contributed by atoms with Crippen molar-refractivity contribution in [2.24, 2.45) is 4.99 Å². The summed E-state index contributed by atoms with van der Waals surface area (Å²) in [5.41, 5.74) is 2.28. The Bertz CT molecular complexity index is 765. The van der Waals surface area contributed by atoms with Gasteiger partial charge < -0.3 is 20.1 Å². The fourth-order valence-electron chi connectivity index (χ4n) is 2.70. The minimum atomic E-state index is 0. The third kappa shape index (κ3) is 7.12. The largest absolute Gasteiger partial charge is 0.493 e. The lowest BCUT2D eigenvalue weighted by Gasteiger charge is -2.11. The number of benzene rings is 1. The quantitative estimate of drug-likeness (QED) is 0.299. The number of rotatable bonds is 9. The van der Waals surface area contributed by atoms with E-state index in [0.717, 1.165) is 43.2 Å². The number of thiazole rings is 1. The number of halogens is 1. The molecular formula is C20H31IN4O2S. The number of aryl methyl sites for hydroxylation is 2. The van der Waals surface area contributed by atoms with Crippen molar-refractivity contribution in [3.05, 3.63) is 39.3 Å². The minimum Gasteiger partial charge on any atom is -0.493 e. The molecule has 0 unspecified atom stereocenters. The van der Waals surface area contributed by atoms with Crippen molar-refractivity contribution in [2.75, 3.05) is 27.3 Å². The maximum atomic E-state index is 5.36. The van der Waals surface area contributed by atoms with Gasteiger partial charge in [-0.1, -0.05) is 13.0 Å². The average Bonchev–Trinajstić information content (AvgIpc) is 3.05. The Kier molecular flexibility index (Phi) is 11.2. The first-order chi connectivity index (χ1) is 13.1. The molecule has 1 aromatic carbocycles. The van der Waals surface area contributed by atoms with Crippen LogP contribution in [0.15, 0.2) is 23.2 Å². The van der Waals surface area contributed by atoms with Crippen molar-refractivity contribution in [3.8, 4) is 11.5 Å². The van der Waals surface area contributed by atoms with Crippen molar-refractivity contribution in [3.63, 3.8) is 0 Å². The van der Waals surface area contributed by atoms with Gasteiger partial charge in [0.05, 0.1) is 31.5 Å². The molecule has 0 bridgehead atoms. The first-order valence-electron chi connectivity index (χ1n) is 9.29. The van der Waals surface area contributed by atoms with Crippen LogP contribution in [0.1, 0.15) is 35.0 Å². The fourth-order valence-corrected chi connectivity index (χ4v) is 3.72. The van der Waals surface area contributed by atoms with Crippen molar-refractivity contribution < 1.29 is 9.47 Å². The molecule has 0 aliphatic carbocycles. The molecule has 0 amide bonds. The van der Waals surface area contributed by atoms with Gasteiger partial charge in [0, 0.05) is 24.4 Å². The summed E-state index contributed by atoms with van der Waals surface area (Å²) in [6.45, 7) is 8.52. The molecule has 0 saturated carbocycles. The summed E-state index contributed by atoms with van der Waals surface area (Å²) in [7, 11) is 3.27. The first-order valence-corrected chi connectivity index (χ1v) is 10.1. The highest BCUT2D eigenvalue weighted by Crippen LogP contribution is 2.27. The van der Waals surface area contributed by atoms with Crippen LogP contribution in [0.3, 0.4) is 0 Å². The van der Waals surface area contributed by atoms with Crippen molar-refractivity contribution in [2.45, 2.75) is 40.2 Å². The number of hydrogen-bond donors (Lipinski definition) is 2. The maximum absolute atomic E-state index is 5.36. The van der Waals surface area contributed by atoms with E-state index in [1.54, 1.807) is 25.6 Å². The van der Waals surface area contributed by atoms with Crippen LogP contribution < -0.4 is 20.1 Å². The first kappa shape index (κ1) is 24.5. The lowest BCUT2D eigenvalue weighted by molar-refractivity contribution is 0.354. The molecule has 0 spiro atoms. The highest BCUT2D eigenvalue weighted by molar-refractivity contribution is 14.0. The number of hydrogen-bond acceptors (Lipinski definition) is 5. The van der Waals surface area contributed by atoms with Gasteiger partial charge in [-0.3, -0.25) is 0 Å². The second-order valence-electron chi connectivity index (χ2n) is 6.03. The summed E-state index contributed by atoms with van der Waals surface area (Å²) in [6.07, 6.45) is 1.89. The highest BCUT2D eigenvalue weighted by Gasteiger charge is 2.07. The highest BCUT2D eigenvalue weighted by atomic mass is 127. The molecule has 0 radical (unpaired) electrons. The van der Waals surface area contributed by atoms with Gasteiger partial charge >= 0.3 is 0 Å². The van der Waals surface area contributed by atoms with Crippen LogP contribution in [0, 0.1) is 6.92 Å². The zero-order chi connectivity index (χ0) is 19.6. The van der Waals surface area contributed by atoms with E-state index in [9.17, 15) is 0 Å². The second-order valence-corrected chi connectivity index (χ2v) is 7.31. The van der Waals surface area contributed by atoms with Crippen LogP contribution in [0.5, 0.6) is 11.5 Å². The van der Waals surface area contributed by atoms with Gasteiger partial charge in [0.25, 0.3) is 0 Å². The predicted molar refractivity (Wildman–Crippen MR) is 128 cm³/mol. The van der Waals surface area contributed by atoms with E-state index in [1.165, 1.54) is 15.6 Å². The molecule has 1 aromatic heterocycles. The molecule has 0 saturated heterocycles. The number of aromatic nitrogens is 1. The molecule has 2 rings (SSSR count). The molecule has 156 valence electrons. The zero-order valence-electron chi connectivity index (χ0n) is 17.3. The summed E-state index contributed by atoms with van der Waals surface area (Å²) >= 11 is 1.78. The lowest BCUT2D eigenvalue weighted by Crippen LogP contribution is -2.38. The number of methoxy groups -OCH3 is 2. The van der Waals surface area contributed by atoms with Crippen molar-refractivity contribution in [1.82, 2.24) is 15.6 Å². The normalized spacial score (nSPS) is 11.0. The third-order valence-corrected chi connectivity index (χ3v) is 5.19. The van der Waals surface area contributed by atoms with E-state index in [2.05, 4.69) is 36.4 Å². The average molecular weight is 518 g/mol. The maximum Gasteiger partial charge on any atom is 0.191 e. The molecule has 28 heavy (non-hydrogen) atoms. The van der Waals surface area contributed by atoms with Gasteiger partial charge in [0.1, 0.15) is 0 Å². The molecule has 6 nitrogen and oxygen atoms in total. The topological polar surface area (TPSA) is 67.8 Å². The van der Waals surface area contributed by atoms with Gasteiger partial charge in [0.2, 0.25) is 0 Å². The van der Waals surface area contributed by atoms with Crippen LogP contribution >= 0.6 is 35.3 Å². The van der Waals surface area contributed by atoms with Gasteiger partial charge in [0.15, 0.2) is 17.5 Å². The summed E-state index contributed by atoms with van der Waals surface area (Å²) < 4.78 is 10.6. The Morgan fingerprint density at radius 1 is 1.14 bits per heavy atom. The van der Waals surface area contributed by atoms with Crippen LogP contribution in [0.2, 0.25) is 0 Å². The molecule has 2 aromatic rings. The van der Waals surface area contributed by atoms with E-state index in [1.807, 2.05) is 18.2 Å². The number of guanidine groups is 1. The Labute approximate surface area is 189 Å². The summed E-state index contributed by atoms with van der Waals surface area (Å²) in [5, 5.41) is 7.84. The van der Waals surface area contributed by atoms with Gasteiger partial charge in [-0.05, 0) is 38.0 Å². The summed E-state index contributed by atoms with van der Waals surface area (Å²) in [4.78, 5) is 10.7. The molecule has 2 N–H and O–H groups in total. The van der Waals surface area contributed by atoms with Crippen LogP contribution in [-0.2, 0) is 19.4 Å². The van der Waals surface area contributed by atoms with Crippen LogP contribution in [0.4, 0.5) is 0 Å². The Hall–Kier alpha value is -1.55. The minimum absolute atomic E-state index is 0. The van der Waals surface area contributed by atoms with E-state index >= 15 is 0 Å². The number of nitrogens with one attached hydrogen (secondary N) is 2. The molecule has 1 heterocycles.